The van der Waals surface area contributed by atoms with Crippen LogP contribution in [0.5, 0.6) is 0 Å². The molecule has 2 N–H and O–H groups in total. The van der Waals surface area contributed by atoms with Gasteiger partial charge >= 0.3 is 6.09 Å². The van der Waals surface area contributed by atoms with Gasteiger partial charge in [0.05, 0.1) is 25.9 Å². The number of fused-ring (bicyclic) bond motifs is 3. The summed E-state index contributed by atoms with van der Waals surface area (Å²) in [4.78, 5) is 27.7. The van der Waals surface area contributed by atoms with E-state index in [0.29, 0.717) is 19.6 Å². The normalized spacial score (nSPS) is 19.8. The Morgan fingerprint density at radius 3 is 1.88 bits per heavy atom. The SMILES string of the molecule is CC(C)CC(CC(=O)[C@H](CO[Si](C)(C)C(C)(C)C)NC(=O)OCC1c2ccccc2-c2ccccc21)C(O)[C@@]1(CO[Si](C)(C)C(C)(C)C)CO1. The van der Waals surface area contributed by atoms with Gasteiger partial charge in [0, 0.05) is 12.3 Å². The number of aliphatic hydroxyl groups excluding tert-OH is 1. The lowest BCUT2D eigenvalue weighted by atomic mass is 9.81. The van der Waals surface area contributed by atoms with Crippen molar-refractivity contribution in [2.24, 2.45) is 11.8 Å². The van der Waals surface area contributed by atoms with E-state index in [0.717, 1.165) is 22.3 Å². The summed E-state index contributed by atoms with van der Waals surface area (Å²) in [6.45, 7) is 26.7. The number of alkyl carbamates (subject to hydrolysis) is 1. The smallest absolute Gasteiger partial charge is 0.407 e. The summed E-state index contributed by atoms with van der Waals surface area (Å²) >= 11 is 0. The van der Waals surface area contributed by atoms with Gasteiger partial charge in [-0.05, 0) is 76.8 Å². The molecule has 0 radical (unpaired) electrons. The summed E-state index contributed by atoms with van der Waals surface area (Å²) in [6, 6.07) is 15.5. The van der Waals surface area contributed by atoms with Gasteiger partial charge in [-0.2, -0.15) is 0 Å². The first-order valence-corrected chi connectivity index (χ1v) is 24.1. The third-order valence-electron chi connectivity index (χ3n) is 11.7. The van der Waals surface area contributed by atoms with Crippen molar-refractivity contribution in [1.29, 1.82) is 0 Å². The highest BCUT2D eigenvalue weighted by Gasteiger charge is 2.56. The first-order chi connectivity index (χ1) is 23.1. The van der Waals surface area contributed by atoms with E-state index in [1.807, 2.05) is 24.3 Å². The number of hydrogen-bond donors (Lipinski definition) is 2. The lowest BCUT2D eigenvalue weighted by Gasteiger charge is -2.38. The van der Waals surface area contributed by atoms with E-state index in [1.54, 1.807) is 0 Å². The molecule has 2 aromatic rings. The minimum atomic E-state index is -2.26. The molecule has 4 atom stereocenters. The summed E-state index contributed by atoms with van der Waals surface area (Å²) in [5, 5.41) is 14.6. The number of epoxide rings is 1. The summed E-state index contributed by atoms with van der Waals surface area (Å²) in [7, 11) is -4.35. The Kier molecular flexibility index (Phi) is 12.4. The summed E-state index contributed by atoms with van der Waals surface area (Å²) < 4.78 is 24.8. The van der Waals surface area contributed by atoms with E-state index in [4.69, 9.17) is 18.3 Å². The number of hydrogen-bond acceptors (Lipinski definition) is 7. The van der Waals surface area contributed by atoms with Crippen molar-refractivity contribution in [3.05, 3.63) is 59.7 Å². The van der Waals surface area contributed by atoms with Gasteiger partial charge < -0.3 is 28.7 Å². The van der Waals surface area contributed by atoms with E-state index in [2.05, 4.69) is 111 Å². The minimum absolute atomic E-state index is 0.0174. The molecular formula is C40H63NO7Si2. The number of nitrogens with one attached hydrogen (secondary N) is 1. The molecule has 0 saturated carbocycles. The van der Waals surface area contributed by atoms with Gasteiger partial charge in [0.15, 0.2) is 22.4 Å². The van der Waals surface area contributed by atoms with Crippen LogP contribution in [0.4, 0.5) is 4.79 Å². The number of aliphatic hydroxyl groups is 1. The first-order valence-electron chi connectivity index (χ1n) is 18.3. The van der Waals surface area contributed by atoms with Crippen LogP contribution < -0.4 is 5.32 Å². The van der Waals surface area contributed by atoms with E-state index in [-0.39, 0.29) is 53.2 Å². The predicted octanol–water partition coefficient (Wildman–Crippen LogP) is 8.69. The van der Waals surface area contributed by atoms with Crippen LogP contribution in [0.2, 0.25) is 36.3 Å². The van der Waals surface area contributed by atoms with E-state index >= 15 is 0 Å². The third-order valence-corrected chi connectivity index (χ3v) is 20.6. The van der Waals surface area contributed by atoms with Crippen molar-refractivity contribution < 1.29 is 33.0 Å². The Morgan fingerprint density at radius 1 is 0.900 bits per heavy atom. The zero-order chi connectivity index (χ0) is 37.3. The maximum atomic E-state index is 14.2. The summed E-state index contributed by atoms with van der Waals surface area (Å²) in [5.74, 6) is -0.438. The van der Waals surface area contributed by atoms with Crippen molar-refractivity contribution in [1.82, 2.24) is 5.32 Å². The second kappa shape index (κ2) is 15.3. The number of ether oxygens (including phenoxy) is 2. The Morgan fingerprint density at radius 2 is 1.40 bits per heavy atom. The van der Waals surface area contributed by atoms with Crippen LogP contribution in [-0.2, 0) is 23.1 Å². The molecule has 2 unspecified atom stereocenters. The molecule has 10 heteroatoms. The van der Waals surface area contributed by atoms with Crippen LogP contribution >= 0.6 is 0 Å². The molecule has 0 bridgehead atoms. The van der Waals surface area contributed by atoms with Gasteiger partial charge in [0.25, 0.3) is 0 Å². The number of amides is 1. The molecule has 1 aliphatic carbocycles. The predicted molar refractivity (Wildman–Crippen MR) is 206 cm³/mol. The molecule has 8 nitrogen and oxygen atoms in total. The molecule has 0 aromatic heterocycles. The number of benzene rings is 2. The lowest BCUT2D eigenvalue weighted by molar-refractivity contribution is -0.124. The van der Waals surface area contributed by atoms with E-state index < -0.39 is 40.5 Å². The Bertz CT molecular complexity index is 1440. The average molecular weight is 726 g/mol. The molecule has 1 heterocycles. The molecule has 50 heavy (non-hydrogen) atoms. The van der Waals surface area contributed by atoms with Gasteiger partial charge in [-0.1, -0.05) is 104 Å². The highest BCUT2D eigenvalue weighted by molar-refractivity contribution is 6.74. The molecule has 278 valence electrons. The van der Waals surface area contributed by atoms with Gasteiger partial charge in [-0.3, -0.25) is 4.79 Å². The number of Topliss-reactive ketones (excluding diaryl/α,β-unsaturated/α-hetero) is 1. The molecule has 2 aromatic carbocycles. The number of carbonyl (C=O) groups is 2. The molecule has 0 spiro atoms. The monoisotopic (exact) mass is 725 g/mol. The van der Waals surface area contributed by atoms with Gasteiger partial charge in [-0.25, -0.2) is 4.79 Å². The molecule has 1 saturated heterocycles. The zero-order valence-corrected chi connectivity index (χ0v) is 34.6. The molecule has 2 aliphatic rings. The van der Waals surface area contributed by atoms with Crippen LogP contribution in [0.15, 0.2) is 48.5 Å². The first kappa shape index (κ1) is 40.4. The maximum absolute atomic E-state index is 14.2. The second-order valence-electron chi connectivity index (χ2n) is 18.0. The largest absolute Gasteiger partial charge is 0.449 e. The highest BCUT2D eigenvalue weighted by Crippen LogP contribution is 2.45. The van der Waals surface area contributed by atoms with Crippen LogP contribution in [-0.4, -0.2) is 77.8 Å². The fraction of sp³-hybridized carbons (Fsp3) is 0.650. The lowest BCUT2D eigenvalue weighted by Crippen LogP contribution is -2.51. The summed E-state index contributed by atoms with van der Waals surface area (Å²) in [6.07, 6.45) is -0.858. The van der Waals surface area contributed by atoms with Crippen LogP contribution in [0.25, 0.3) is 11.1 Å². The minimum Gasteiger partial charge on any atom is -0.449 e. The zero-order valence-electron chi connectivity index (χ0n) is 32.6. The fourth-order valence-corrected chi connectivity index (χ4v) is 8.27. The average Bonchev–Trinajstić information content (AvgIpc) is 3.75. The molecule has 1 fully saturated rings. The third kappa shape index (κ3) is 9.35. The Labute approximate surface area is 303 Å². The van der Waals surface area contributed by atoms with Crippen LogP contribution in [0.1, 0.15) is 85.3 Å². The Balaban J connectivity index is 1.50. The van der Waals surface area contributed by atoms with Gasteiger partial charge in [0.1, 0.15) is 18.2 Å². The summed E-state index contributed by atoms with van der Waals surface area (Å²) in [5.41, 5.74) is 3.71. The molecule has 1 aliphatic heterocycles. The van der Waals surface area contributed by atoms with Gasteiger partial charge in [-0.15, -0.1) is 0 Å². The quantitative estimate of drug-likeness (QED) is 0.132. The van der Waals surface area contributed by atoms with Crippen molar-refractivity contribution >= 4 is 28.5 Å². The molecule has 4 rings (SSSR count). The van der Waals surface area contributed by atoms with Crippen LogP contribution in [0.3, 0.4) is 0 Å². The Hall–Kier alpha value is -2.35. The topological polar surface area (TPSA) is 107 Å². The number of carbonyl (C=O) groups excluding carboxylic acids is 2. The second-order valence-corrected chi connectivity index (χ2v) is 27.6. The molecule has 1 amide bonds. The van der Waals surface area contributed by atoms with E-state index in [9.17, 15) is 14.7 Å². The highest BCUT2D eigenvalue weighted by atomic mass is 28.4. The standard InChI is InChI=1S/C40H63NO7Si2/c1-27(2)21-28(36(43)40(25-46-40)26-48-50(11,12)39(6,7)8)22-35(42)34(24-47-49(9,10)38(3,4)5)41-37(44)45-23-33-31-19-15-13-17-29(31)30-18-14-16-20-32(30)33/h13-20,27-28,33-34,36,43H,21-26H2,1-12H3,(H,41,44)/t28?,34-,36?,40-/m0/s1. The number of rotatable bonds is 16. The maximum Gasteiger partial charge on any atom is 0.407 e. The van der Waals surface area contributed by atoms with Crippen LogP contribution in [0, 0.1) is 11.8 Å². The van der Waals surface area contributed by atoms with Crippen molar-refractivity contribution in [2.75, 3.05) is 26.4 Å². The van der Waals surface area contributed by atoms with Crippen molar-refractivity contribution in [3.63, 3.8) is 0 Å². The molecular weight excluding hydrogens is 663 g/mol. The van der Waals surface area contributed by atoms with Crippen molar-refractivity contribution in [3.8, 4) is 11.1 Å². The van der Waals surface area contributed by atoms with Crippen molar-refractivity contribution in [2.45, 2.75) is 128 Å². The fourth-order valence-electron chi connectivity index (χ4n) is 6.22. The van der Waals surface area contributed by atoms with Gasteiger partial charge in [0.2, 0.25) is 0 Å². The van der Waals surface area contributed by atoms with E-state index in [1.165, 1.54) is 0 Å². The number of ketones is 1.